The Bertz CT molecular complexity index is 584. The highest BCUT2D eigenvalue weighted by atomic mass is 16.4. The van der Waals surface area contributed by atoms with Gasteiger partial charge in [0.2, 0.25) is 0 Å². The Morgan fingerprint density at radius 2 is 1.78 bits per heavy atom. The number of amides is 1. The van der Waals surface area contributed by atoms with E-state index in [4.69, 9.17) is 5.11 Å². The monoisotopic (exact) mass is 243 g/mol. The van der Waals surface area contributed by atoms with Crippen LogP contribution in [0.5, 0.6) is 0 Å². The van der Waals surface area contributed by atoms with E-state index >= 15 is 0 Å². The number of carbonyl (C=O) groups excluding carboxylic acids is 1. The number of anilines is 1. The van der Waals surface area contributed by atoms with Crippen molar-refractivity contribution < 1.29 is 14.7 Å². The zero-order valence-corrected chi connectivity index (χ0v) is 9.20. The van der Waals surface area contributed by atoms with E-state index in [1.807, 2.05) is 0 Å². The van der Waals surface area contributed by atoms with Crippen LogP contribution in [0.25, 0.3) is 0 Å². The van der Waals surface area contributed by atoms with Gasteiger partial charge in [-0.05, 0) is 24.3 Å². The van der Waals surface area contributed by atoms with Gasteiger partial charge in [0.1, 0.15) is 0 Å². The molecule has 1 aromatic heterocycles. The van der Waals surface area contributed by atoms with E-state index in [2.05, 4.69) is 15.5 Å². The summed E-state index contributed by atoms with van der Waals surface area (Å²) in [6.07, 6.45) is 1.47. The first kappa shape index (κ1) is 11.7. The summed E-state index contributed by atoms with van der Waals surface area (Å²) in [6, 6.07) is 9.14. The van der Waals surface area contributed by atoms with Gasteiger partial charge in [-0.3, -0.25) is 4.79 Å². The van der Waals surface area contributed by atoms with Crippen molar-refractivity contribution in [2.75, 3.05) is 5.32 Å². The van der Waals surface area contributed by atoms with Gasteiger partial charge in [-0.25, -0.2) is 4.79 Å². The van der Waals surface area contributed by atoms with Crippen LogP contribution in [0.3, 0.4) is 0 Å². The summed E-state index contributed by atoms with van der Waals surface area (Å²) in [5.74, 6) is -1.42. The third-order valence-electron chi connectivity index (χ3n) is 2.22. The van der Waals surface area contributed by atoms with Gasteiger partial charge < -0.3 is 10.4 Å². The Kier molecular flexibility index (Phi) is 3.29. The molecule has 6 heteroatoms. The molecular weight excluding hydrogens is 234 g/mol. The van der Waals surface area contributed by atoms with Crippen molar-refractivity contribution in [3.63, 3.8) is 0 Å². The second-order valence-corrected chi connectivity index (χ2v) is 3.41. The normalized spacial score (nSPS) is 9.78. The van der Waals surface area contributed by atoms with Gasteiger partial charge in [-0.1, -0.05) is 12.1 Å². The molecular formula is C12H9N3O3. The van der Waals surface area contributed by atoms with Gasteiger partial charge in [0.05, 0.1) is 11.1 Å². The molecule has 0 aliphatic heterocycles. The fourth-order valence-corrected chi connectivity index (χ4v) is 1.42. The number of carbonyl (C=O) groups is 2. The summed E-state index contributed by atoms with van der Waals surface area (Å²) >= 11 is 0. The lowest BCUT2D eigenvalue weighted by Gasteiger charge is -2.06. The van der Waals surface area contributed by atoms with Gasteiger partial charge in [-0.2, -0.15) is 5.10 Å². The van der Waals surface area contributed by atoms with Crippen molar-refractivity contribution in [3.05, 3.63) is 53.7 Å². The second-order valence-electron chi connectivity index (χ2n) is 3.41. The number of hydrogen-bond acceptors (Lipinski definition) is 4. The van der Waals surface area contributed by atoms with Crippen LogP contribution in [0, 0.1) is 0 Å². The van der Waals surface area contributed by atoms with E-state index < -0.39 is 11.9 Å². The van der Waals surface area contributed by atoms with E-state index in [-0.39, 0.29) is 16.9 Å². The number of nitrogens with zero attached hydrogens (tertiary/aromatic N) is 2. The van der Waals surface area contributed by atoms with Gasteiger partial charge in [0.15, 0.2) is 5.82 Å². The van der Waals surface area contributed by atoms with Crippen molar-refractivity contribution in [2.45, 2.75) is 0 Å². The van der Waals surface area contributed by atoms with Crippen LogP contribution in [0.2, 0.25) is 0 Å². The molecule has 0 atom stereocenters. The second kappa shape index (κ2) is 5.05. The smallest absolute Gasteiger partial charge is 0.336 e. The molecule has 0 aliphatic rings. The number of carboxylic acids is 1. The first-order valence-electron chi connectivity index (χ1n) is 5.10. The predicted octanol–water partition coefficient (Wildman–Crippen LogP) is 1.43. The Hall–Kier alpha value is -2.76. The van der Waals surface area contributed by atoms with Crippen LogP contribution in [0.4, 0.5) is 5.82 Å². The summed E-state index contributed by atoms with van der Waals surface area (Å²) in [5, 5.41) is 18.7. The number of rotatable bonds is 3. The Morgan fingerprint density at radius 3 is 2.39 bits per heavy atom. The van der Waals surface area contributed by atoms with Crippen molar-refractivity contribution >= 4 is 17.7 Å². The number of benzene rings is 1. The van der Waals surface area contributed by atoms with Crippen LogP contribution in [-0.2, 0) is 0 Å². The Labute approximate surface area is 102 Å². The van der Waals surface area contributed by atoms with Crippen LogP contribution in [-0.4, -0.2) is 27.2 Å². The van der Waals surface area contributed by atoms with E-state index in [1.54, 1.807) is 24.3 Å². The minimum Gasteiger partial charge on any atom is -0.478 e. The average Bonchev–Trinajstić information content (AvgIpc) is 2.40. The molecule has 90 valence electrons. The van der Waals surface area contributed by atoms with E-state index in [0.29, 0.717) is 0 Å². The zero-order chi connectivity index (χ0) is 13.0. The lowest BCUT2D eigenvalue weighted by molar-refractivity contribution is 0.0692. The first-order valence-corrected chi connectivity index (χ1v) is 5.10. The van der Waals surface area contributed by atoms with Crippen LogP contribution >= 0.6 is 0 Å². The lowest BCUT2D eigenvalue weighted by atomic mass is 10.1. The van der Waals surface area contributed by atoms with Gasteiger partial charge in [0.25, 0.3) is 5.91 Å². The highest BCUT2D eigenvalue weighted by Gasteiger charge is 2.15. The van der Waals surface area contributed by atoms with Crippen LogP contribution in [0.1, 0.15) is 20.7 Å². The maximum absolute atomic E-state index is 11.9. The third kappa shape index (κ3) is 2.49. The maximum Gasteiger partial charge on any atom is 0.336 e. The fourth-order valence-electron chi connectivity index (χ4n) is 1.42. The number of aromatic nitrogens is 2. The van der Waals surface area contributed by atoms with E-state index in [1.165, 1.54) is 18.3 Å². The summed E-state index contributed by atoms with van der Waals surface area (Å²) in [4.78, 5) is 22.9. The molecule has 0 unspecified atom stereocenters. The fraction of sp³-hybridized carbons (Fsp3) is 0. The number of aromatic carboxylic acids is 1. The van der Waals surface area contributed by atoms with E-state index in [0.717, 1.165) is 0 Å². The van der Waals surface area contributed by atoms with Gasteiger partial charge >= 0.3 is 5.97 Å². The first-order chi connectivity index (χ1) is 8.68. The molecule has 18 heavy (non-hydrogen) atoms. The minimum atomic E-state index is -1.15. The van der Waals surface area contributed by atoms with Crippen molar-refractivity contribution in [2.24, 2.45) is 0 Å². The van der Waals surface area contributed by atoms with E-state index in [9.17, 15) is 9.59 Å². The molecule has 1 aromatic carbocycles. The number of hydrogen-bond donors (Lipinski definition) is 2. The summed E-state index contributed by atoms with van der Waals surface area (Å²) in [7, 11) is 0. The molecule has 2 aromatic rings. The molecule has 2 N–H and O–H groups in total. The molecule has 0 aliphatic carbocycles. The Morgan fingerprint density at radius 1 is 1.06 bits per heavy atom. The molecule has 1 amide bonds. The maximum atomic E-state index is 11.9. The molecule has 0 saturated carbocycles. The highest BCUT2D eigenvalue weighted by Crippen LogP contribution is 2.11. The minimum absolute atomic E-state index is 0.0566. The predicted molar refractivity (Wildman–Crippen MR) is 63.4 cm³/mol. The summed E-state index contributed by atoms with van der Waals surface area (Å²) in [5.41, 5.74) is 0.0227. The molecule has 0 bridgehead atoms. The van der Waals surface area contributed by atoms with Gasteiger partial charge in [-0.15, -0.1) is 5.10 Å². The standard InChI is InChI=1S/C12H9N3O3/c16-11(14-10-6-3-7-13-15-10)8-4-1-2-5-9(8)12(17)18/h1-7H,(H,17,18)(H,14,15,16). The topological polar surface area (TPSA) is 92.2 Å². The van der Waals surface area contributed by atoms with Crippen molar-refractivity contribution in [1.82, 2.24) is 10.2 Å². The van der Waals surface area contributed by atoms with Gasteiger partial charge in [0, 0.05) is 6.20 Å². The largest absolute Gasteiger partial charge is 0.478 e. The van der Waals surface area contributed by atoms with Crippen LogP contribution in [0.15, 0.2) is 42.6 Å². The Balaban J connectivity index is 2.27. The van der Waals surface area contributed by atoms with Crippen molar-refractivity contribution in [1.29, 1.82) is 0 Å². The zero-order valence-electron chi connectivity index (χ0n) is 9.20. The van der Waals surface area contributed by atoms with Crippen molar-refractivity contribution in [3.8, 4) is 0 Å². The molecule has 0 saturated heterocycles. The van der Waals surface area contributed by atoms with Crippen LogP contribution < -0.4 is 5.32 Å². The number of carboxylic acid groups (broad SMARTS) is 1. The molecule has 0 radical (unpaired) electrons. The third-order valence-corrected chi connectivity index (χ3v) is 2.22. The molecule has 0 fully saturated rings. The average molecular weight is 243 g/mol. The molecule has 1 heterocycles. The SMILES string of the molecule is O=C(O)c1ccccc1C(=O)Nc1cccnn1. The summed E-state index contributed by atoms with van der Waals surface area (Å²) < 4.78 is 0. The molecule has 6 nitrogen and oxygen atoms in total. The highest BCUT2D eigenvalue weighted by molar-refractivity contribution is 6.10. The lowest BCUT2D eigenvalue weighted by Crippen LogP contribution is -2.17. The number of nitrogens with one attached hydrogen (secondary N) is 1. The quantitative estimate of drug-likeness (QED) is 0.850. The molecule has 2 rings (SSSR count). The molecule has 0 spiro atoms. The summed E-state index contributed by atoms with van der Waals surface area (Å²) in [6.45, 7) is 0.